The van der Waals surface area contributed by atoms with Gasteiger partial charge in [0.25, 0.3) is 0 Å². The molecular formula is C19H26N2. The van der Waals surface area contributed by atoms with Crippen molar-refractivity contribution in [2.75, 3.05) is 19.6 Å². The zero-order valence-corrected chi connectivity index (χ0v) is 12.9. The number of nitrogens with one attached hydrogen (secondary N) is 1. The third-order valence-electron chi connectivity index (χ3n) is 6.47. The smallest absolute Gasteiger partial charge is 0.0354 e. The van der Waals surface area contributed by atoms with E-state index in [1.165, 1.54) is 58.2 Å². The molecular weight excluding hydrogens is 256 g/mol. The van der Waals surface area contributed by atoms with Crippen molar-refractivity contribution in [3.8, 4) is 0 Å². The molecule has 21 heavy (non-hydrogen) atoms. The van der Waals surface area contributed by atoms with E-state index >= 15 is 0 Å². The maximum Gasteiger partial charge on any atom is 0.0354 e. The van der Waals surface area contributed by atoms with Gasteiger partial charge in [-0.3, -0.25) is 4.90 Å². The highest BCUT2D eigenvalue weighted by atomic mass is 15.2. The maximum atomic E-state index is 3.47. The molecule has 0 amide bonds. The lowest BCUT2D eigenvalue weighted by Crippen LogP contribution is -2.65. The van der Waals surface area contributed by atoms with Gasteiger partial charge in [-0.05, 0) is 67.5 Å². The van der Waals surface area contributed by atoms with Gasteiger partial charge in [0, 0.05) is 25.2 Å². The SMILES string of the molecule is c1ccc(C2CCCN2C2CC3(CNC3)C2)c(C2CC2)c1. The number of hydrogen-bond acceptors (Lipinski definition) is 2. The van der Waals surface area contributed by atoms with Crippen molar-refractivity contribution in [1.29, 1.82) is 0 Å². The summed E-state index contributed by atoms with van der Waals surface area (Å²) >= 11 is 0. The van der Waals surface area contributed by atoms with E-state index in [-0.39, 0.29) is 0 Å². The van der Waals surface area contributed by atoms with Crippen LogP contribution in [0.1, 0.15) is 61.6 Å². The van der Waals surface area contributed by atoms with E-state index in [9.17, 15) is 0 Å². The van der Waals surface area contributed by atoms with E-state index in [4.69, 9.17) is 0 Å². The molecule has 2 nitrogen and oxygen atoms in total. The van der Waals surface area contributed by atoms with Gasteiger partial charge < -0.3 is 5.32 Å². The molecule has 1 unspecified atom stereocenters. The second kappa shape index (κ2) is 4.57. The second-order valence-electron chi connectivity index (χ2n) is 7.96. The third kappa shape index (κ3) is 1.99. The van der Waals surface area contributed by atoms with E-state index in [0.29, 0.717) is 5.41 Å². The summed E-state index contributed by atoms with van der Waals surface area (Å²) in [5.41, 5.74) is 4.05. The highest BCUT2D eigenvalue weighted by molar-refractivity contribution is 5.36. The predicted octanol–water partition coefficient (Wildman–Crippen LogP) is 3.45. The first kappa shape index (κ1) is 12.7. The van der Waals surface area contributed by atoms with Crippen molar-refractivity contribution in [2.45, 2.75) is 56.5 Å². The van der Waals surface area contributed by atoms with Crippen molar-refractivity contribution in [1.82, 2.24) is 10.2 Å². The van der Waals surface area contributed by atoms with Crippen LogP contribution in [0.5, 0.6) is 0 Å². The first-order valence-corrected chi connectivity index (χ1v) is 8.90. The molecule has 1 aromatic rings. The van der Waals surface area contributed by atoms with Crippen LogP contribution in [0.25, 0.3) is 0 Å². The Balaban J connectivity index is 1.38. The van der Waals surface area contributed by atoms with Gasteiger partial charge in [0.1, 0.15) is 0 Å². The molecule has 112 valence electrons. The van der Waals surface area contributed by atoms with Crippen LogP contribution in [0.3, 0.4) is 0 Å². The molecule has 2 aliphatic heterocycles. The van der Waals surface area contributed by atoms with Crippen LogP contribution in [-0.4, -0.2) is 30.6 Å². The molecule has 2 heterocycles. The Hall–Kier alpha value is -0.860. The lowest BCUT2D eigenvalue weighted by atomic mass is 9.61. The molecule has 0 aromatic heterocycles. The second-order valence-corrected chi connectivity index (χ2v) is 7.96. The lowest BCUT2D eigenvalue weighted by molar-refractivity contribution is -0.0410. The minimum atomic E-state index is 0.702. The molecule has 2 saturated heterocycles. The monoisotopic (exact) mass is 282 g/mol. The Morgan fingerprint density at radius 3 is 2.43 bits per heavy atom. The van der Waals surface area contributed by atoms with Gasteiger partial charge in [-0.25, -0.2) is 0 Å². The number of hydrogen-bond donors (Lipinski definition) is 1. The first-order valence-electron chi connectivity index (χ1n) is 8.90. The van der Waals surface area contributed by atoms with Crippen LogP contribution < -0.4 is 5.32 Å². The topological polar surface area (TPSA) is 15.3 Å². The Labute approximate surface area is 127 Å². The van der Waals surface area contributed by atoms with E-state index in [1.807, 2.05) is 0 Å². The summed E-state index contributed by atoms with van der Waals surface area (Å²) in [5.74, 6) is 0.882. The minimum Gasteiger partial charge on any atom is -0.316 e. The van der Waals surface area contributed by atoms with Crippen LogP contribution in [0.2, 0.25) is 0 Å². The molecule has 1 spiro atoms. The zero-order valence-electron chi connectivity index (χ0n) is 12.9. The van der Waals surface area contributed by atoms with Crippen LogP contribution in [-0.2, 0) is 0 Å². The number of rotatable bonds is 3. The summed E-state index contributed by atoms with van der Waals surface area (Å²) in [5, 5.41) is 3.47. The van der Waals surface area contributed by atoms with Crippen LogP contribution in [0.15, 0.2) is 24.3 Å². The van der Waals surface area contributed by atoms with Gasteiger partial charge in [-0.15, -0.1) is 0 Å². The average Bonchev–Trinajstić information content (AvgIpc) is 3.15. The molecule has 1 aromatic carbocycles. The molecule has 0 bridgehead atoms. The zero-order chi connectivity index (χ0) is 13.9. The van der Waals surface area contributed by atoms with E-state index in [0.717, 1.165) is 18.0 Å². The lowest BCUT2D eigenvalue weighted by Gasteiger charge is -2.57. The van der Waals surface area contributed by atoms with E-state index in [2.05, 4.69) is 34.5 Å². The van der Waals surface area contributed by atoms with Gasteiger partial charge in [-0.1, -0.05) is 24.3 Å². The largest absolute Gasteiger partial charge is 0.316 e. The summed E-state index contributed by atoms with van der Waals surface area (Å²) < 4.78 is 0. The average molecular weight is 282 g/mol. The summed E-state index contributed by atoms with van der Waals surface area (Å²) in [6.07, 6.45) is 8.50. The summed E-state index contributed by atoms with van der Waals surface area (Å²) in [6, 6.07) is 10.9. The normalized spacial score (nSPS) is 32.1. The summed E-state index contributed by atoms with van der Waals surface area (Å²) in [6.45, 7) is 3.89. The fourth-order valence-corrected chi connectivity index (χ4v) is 5.08. The van der Waals surface area contributed by atoms with Gasteiger partial charge in [-0.2, -0.15) is 0 Å². The van der Waals surface area contributed by atoms with Gasteiger partial charge in [0.05, 0.1) is 0 Å². The number of nitrogens with zero attached hydrogens (tertiary/aromatic N) is 1. The highest BCUT2D eigenvalue weighted by Crippen LogP contribution is 2.51. The molecule has 2 heteroatoms. The minimum absolute atomic E-state index is 0.702. The number of likely N-dealkylation sites (tertiary alicyclic amines) is 1. The Morgan fingerprint density at radius 2 is 1.76 bits per heavy atom. The summed E-state index contributed by atoms with van der Waals surface area (Å²) in [7, 11) is 0. The van der Waals surface area contributed by atoms with Crippen LogP contribution >= 0.6 is 0 Å². The van der Waals surface area contributed by atoms with Crippen molar-refractivity contribution < 1.29 is 0 Å². The quantitative estimate of drug-likeness (QED) is 0.913. The highest BCUT2D eigenvalue weighted by Gasteiger charge is 2.52. The third-order valence-corrected chi connectivity index (χ3v) is 6.47. The first-order chi connectivity index (χ1) is 10.3. The molecule has 4 fully saturated rings. The predicted molar refractivity (Wildman–Crippen MR) is 85.4 cm³/mol. The Kier molecular flexibility index (Phi) is 2.75. The summed E-state index contributed by atoms with van der Waals surface area (Å²) in [4.78, 5) is 2.87. The van der Waals surface area contributed by atoms with Crippen LogP contribution in [0, 0.1) is 5.41 Å². The van der Waals surface area contributed by atoms with Crippen molar-refractivity contribution in [3.63, 3.8) is 0 Å². The van der Waals surface area contributed by atoms with Gasteiger partial charge >= 0.3 is 0 Å². The molecule has 5 rings (SSSR count). The van der Waals surface area contributed by atoms with Crippen molar-refractivity contribution >= 4 is 0 Å². The molecule has 1 N–H and O–H groups in total. The van der Waals surface area contributed by atoms with Crippen LogP contribution in [0.4, 0.5) is 0 Å². The number of benzene rings is 1. The Morgan fingerprint density at radius 1 is 1.00 bits per heavy atom. The van der Waals surface area contributed by atoms with E-state index < -0.39 is 0 Å². The fraction of sp³-hybridized carbons (Fsp3) is 0.684. The van der Waals surface area contributed by atoms with Crippen molar-refractivity contribution in [3.05, 3.63) is 35.4 Å². The van der Waals surface area contributed by atoms with Crippen molar-refractivity contribution in [2.24, 2.45) is 5.41 Å². The van der Waals surface area contributed by atoms with Gasteiger partial charge in [0.15, 0.2) is 0 Å². The van der Waals surface area contributed by atoms with Gasteiger partial charge in [0.2, 0.25) is 0 Å². The standard InChI is InChI=1S/C19H26N2/c1-2-5-17(16(4-1)14-7-8-14)18-6-3-9-21(18)15-10-19(11-15)12-20-13-19/h1-2,4-5,14-15,18,20H,3,6-13H2. The molecule has 2 saturated carbocycles. The Bertz CT molecular complexity index is 536. The molecule has 2 aliphatic carbocycles. The maximum absolute atomic E-state index is 3.47. The fourth-order valence-electron chi connectivity index (χ4n) is 5.08. The molecule has 0 radical (unpaired) electrons. The molecule has 1 atom stereocenters. The van der Waals surface area contributed by atoms with E-state index in [1.54, 1.807) is 11.1 Å². The molecule has 4 aliphatic rings.